The van der Waals surface area contributed by atoms with Gasteiger partial charge in [0.15, 0.2) is 0 Å². The molecule has 0 radical (unpaired) electrons. The van der Waals surface area contributed by atoms with Gasteiger partial charge in [0.2, 0.25) is 0 Å². The summed E-state index contributed by atoms with van der Waals surface area (Å²) in [5.74, 6) is -0.466. The molecule has 0 spiro atoms. The predicted octanol–water partition coefficient (Wildman–Crippen LogP) is 1.44. The Morgan fingerprint density at radius 2 is 1.85 bits per heavy atom. The highest BCUT2D eigenvalue weighted by Gasteiger charge is 2.53. The second kappa shape index (κ2) is 5.09. The maximum absolute atomic E-state index is 14.5. The fourth-order valence-corrected chi connectivity index (χ4v) is 2.10. The zero-order valence-electron chi connectivity index (χ0n) is 12.6. The minimum atomic E-state index is -0.825. The van der Waals surface area contributed by atoms with E-state index in [1.165, 1.54) is 6.20 Å². The van der Waals surface area contributed by atoms with Crippen LogP contribution in [0.25, 0.3) is 0 Å². The molecule has 0 saturated carbocycles. The van der Waals surface area contributed by atoms with Gasteiger partial charge in [0, 0.05) is 12.6 Å². The predicted molar refractivity (Wildman–Crippen MR) is 75.3 cm³/mol. The molecule has 1 atom stereocenters. The van der Waals surface area contributed by atoms with Crippen molar-refractivity contribution < 1.29 is 18.8 Å². The average Bonchev–Trinajstić information content (AvgIpc) is 2.50. The van der Waals surface area contributed by atoms with Crippen LogP contribution >= 0.6 is 0 Å². The number of rotatable bonds is 3. The molecular weight excluding hydrogens is 260 g/mol. The molecule has 0 aliphatic carbocycles. The van der Waals surface area contributed by atoms with Crippen molar-refractivity contribution in [3.63, 3.8) is 0 Å². The molecule has 110 valence electrons. The summed E-state index contributed by atoms with van der Waals surface area (Å²) in [5.41, 5.74) is -0.514. The van der Waals surface area contributed by atoms with Gasteiger partial charge in [-0.2, -0.15) is 0 Å². The molecule has 1 saturated heterocycles. The van der Waals surface area contributed by atoms with E-state index < -0.39 is 30.2 Å². The lowest BCUT2D eigenvalue weighted by Crippen LogP contribution is -2.41. The van der Waals surface area contributed by atoms with Gasteiger partial charge in [-0.1, -0.05) is 0 Å². The number of aliphatic hydroxyl groups excluding tert-OH is 1. The van der Waals surface area contributed by atoms with Crippen molar-refractivity contribution in [3.05, 3.63) is 23.6 Å². The van der Waals surface area contributed by atoms with E-state index in [1.54, 1.807) is 13.0 Å². The first-order chi connectivity index (χ1) is 9.14. The molecular formula is C14H21BFNO3. The molecule has 0 bridgehead atoms. The van der Waals surface area contributed by atoms with Gasteiger partial charge < -0.3 is 14.4 Å². The van der Waals surface area contributed by atoms with Gasteiger partial charge in [0.1, 0.15) is 11.4 Å². The van der Waals surface area contributed by atoms with Crippen molar-refractivity contribution in [2.24, 2.45) is 0 Å². The molecule has 4 nitrogen and oxygen atoms in total. The molecule has 1 aliphatic rings. The average molecular weight is 281 g/mol. The van der Waals surface area contributed by atoms with Crippen LogP contribution in [-0.2, 0) is 15.7 Å². The molecule has 1 fully saturated rings. The van der Waals surface area contributed by atoms with E-state index in [-0.39, 0.29) is 12.0 Å². The monoisotopic (exact) mass is 281 g/mol. The molecule has 1 aromatic heterocycles. The highest BCUT2D eigenvalue weighted by atomic mass is 19.1. The van der Waals surface area contributed by atoms with E-state index in [0.29, 0.717) is 5.56 Å². The summed E-state index contributed by atoms with van der Waals surface area (Å²) in [6.45, 7) is 9.25. The fourth-order valence-electron chi connectivity index (χ4n) is 2.10. The van der Waals surface area contributed by atoms with Gasteiger partial charge >= 0.3 is 7.12 Å². The van der Waals surface area contributed by atoms with Crippen molar-refractivity contribution in [3.8, 4) is 0 Å². The molecule has 1 unspecified atom stereocenters. The topological polar surface area (TPSA) is 51.6 Å². The summed E-state index contributed by atoms with van der Waals surface area (Å²) in [6, 6.07) is 1.57. The molecule has 2 rings (SSSR count). The Bertz CT molecular complexity index is 489. The van der Waals surface area contributed by atoms with Crippen LogP contribution in [0.5, 0.6) is 0 Å². The SMILES string of the molecule is CC(O)Cc1ccnc(B2OC(C)(C)C(C)(C)O2)c1F. The third kappa shape index (κ3) is 2.73. The first-order valence-electron chi connectivity index (χ1n) is 6.81. The van der Waals surface area contributed by atoms with Crippen molar-refractivity contribution >= 4 is 12.7 Å². The number of aromatic nitrogens is 1. The van der Waals surface area contributed by atoms with Crippen LogP contribution in [0.2, 0.25) is 0 Å². The van der Waals surface area contributed by atoms with Crippen LogP contribution < -0.4 is 5.59 Å². The normalized spacial score (nSPS) is 22.1. The lowest BCUT2D eigenvalue weighted by molar-refractivity contribution is 0.00578. The third-order valence-electron chi connectivity index (χ3n) is 3.99. The summed E-state index contributed by atoms with van der Waals surface area (Å²) < 4.78 is 26.1. The number of aliphatic hydroxyl groups is 1. The zero-order valence-corrected chi connectivity index (χ0v) is 12.6. The second-order valence-corrected chi connectivity index (χ2v) is 6.31. The Hall–Kier alpha value is -0.975. The summed E-state index contributed by atoms with van der Waals surface area (Å²) >= 11 is 0. The third-order valence-corrected chi connectivity index (χ3v) is 3.99. The van der Waals surface area contributed by atoms with E-state index in [4.69, 9.17) is 9.31 Å². The zero-order chi connectivity index (χ0) is 15.1. The summed E-state index contributed by atoms with van der Waals surface area (Å²) in [6.07, 6.45) is 1.14. The molecule has 1 aliphatic heterocycles. The molecule has 0 amide bonds. The Morgan fingerprint density at radius 1 is 1.30 bits per heavy atom. The molecule has 0 aromatic carbocycles. The highest BCUT2D eigenvalue weighted by Crippen LogP contribution is 2.36. The minimum absolute atomic E-state index is 0.141. The van der Waals surface area contributed by atoms with Gasteiger partial charge in [-0.15, -0.1) is 0 Å². The highest BCUT2D eigenvalue weighted by molar-refractivity contribution is 6.61. The Labute approximate surface area is 119 Å². The van der Waals surface area contributed by atoms with Crippen LogP contribution in [0.3, 0.4) is 0 Å². The quantitative estimate of drug-likeness (QED) is 0.852. The van der Waals surface area contributed by atoms with Crippen molar-refractivity contribution in [1.82, 2.24) is 4.98 Å². The Kier molecular flexibility index (Phi) is 3.93. The maximum atomic E-state index is 14.5. The van der Waals surface area contributed by atoms with Crippen molar-refractivity contribution in [2.75, 3.05) is 0 Å². The maximum Gasteiger partial charge on any atom is 0.517 e. The van der Waals surface area contributed by atoms with Crippen LogP contribution in [0.4, 0.5) is 4.39 Å². The van der Waals surface area contributed by atoms with E-state index in [1.807, 2.05) is 27.7 Å². The van der Waals surface area contributed by atoms with Crippen LogP contribution in [0.1, 0.15) is 40.2 Å². The molecule has 1 N–H and O–H groups in total. The first-order valence-corrected chi connectivity index (χ1v) is 6.81. The summed E-state index contributed by atoms with van der Waals surface area (Å²) in [7, 11) is -0.825. The number of hydrogen-bond acceptors (Lipinski definition) is 4. The first kappa shape index (κ1) is 15.4. The molecule has 1 aromatic rings. The number of hydrogen-bond donors (Lipinski definition) is 1. The van der Waals surface area contributed by atoms with Gasteiger partial charge in [0.05, 0.1) is 17.3 Å². The Balaban J connectivity index is 2.31. The Morgan fingerprint density at radius 3 is 2.35 bits per heavy atom. The van der Waals surface area contributed by atoms with E-state index in [9.17, 15) is 9.50 Å². The van der Waals surface area contributed by atoms with Gasteiger partial charge in [-0.3, -0.25) is 4.98 Å². The van der Waals surface area contributed by atoms with Crippen molar-refractivity contribution in [2.45, 2.75) is 58.3 Å². The number of halogens is 1. The number of nitrogens with zero attached hydrogens (tertiary/aromatic N) is 1. The smallest absolute Gasteiger partial charge is 0.398 e. The fraction of sp³-hybridized carbons (Fsp3) is 0.643. The lowest BCUT2D eigenvalue weighted by atomic mass is 9.82. The van der Waals surface area contributed by atoms with Gasteiger partial charge in [-0.25, -0.2) is 4.39 Å². The van der Waals surface area contributed by atoms with Crippen LogP contribution in [0, 0.1) is 5.82 Å². The van der Waals surface area contributed by atoms with E-state index >= 15 is 0 Å². The van der Waals surface area contributed by atoms with Crippen LogP contribution in [-0.4, -0.2) is 34.5 Å². The standard InChI is InChI=1S/C14H21BFNO3/c1-9(18)8-10-6-7-17-12(11(10)16)15-19-13(2,3)14(4,5)20-15/h6-7,9,18H,8H2,1-5H3. The summed E-state index contributed by atoms with van der Waals surface area (Å²) in [4.78, 5) is 4.05. The van der Waals surface area contributed by atoms with Gasteiger partial charge in [-0.05, 0) is 46.2 Å². The molecule has 2 heterocycles. The summed E-state index contributed by atoms with van der Waals surface area (Å²) in [5, 5.41) is 9.40. The van der Waals surface area contributed by atoms with E-state index in [0.717, 1.165) is 0 Å². The number of pyridine rings is 1. The van der Waals surface area contributed by atoms with E-state index in [2.05, 4.69) is 4.98 Å². The molecule has 6 heteroatoms. The van der Waals surface area contributed by atoms with Crippen LogP contribution in [0.15, 0.2) is 12.3 Å². The van der Waals surface area contributed by atoms with Crippen molar-refractivity contribution in [1.29, 1.82) is 0 Å². The minimum Gasteiger partial charge on any atom is -0.398 e. The molecule has 20 heavy (non-hydrogen) atoms. The largest absolute Gasteiger partial charge is 0.517 e. The second-order valence-electron chi connectivity index (χ2n) is 6.31. The lowest BCUT2D eigenvalue weighted by Gasteiger charge is -2.32. The van der Waals surface area contributed by atoms with Gasteiger partial charge in [0.25, 0.3) is 0 Å².